The van der Waals surface area contributed by atoms with Crippen molar-refractivity contribution in [1.82, 2.24) is 15.5 Å². The summed E-state index contributed by atoms with van der Waals surface area (Å²) >= 11 is 0. The molecule has 0 aromatic heterocycles. The van der Waals surface area contributed by atoms with Crippen molar-refractivity contribution in [3.8, 4) is 0 Å². The molecule has 2 aliphatic rings. The zero-order valence-corrected chi connectivity index (χ0v) is 16.5. The summed E-state index contributed by atoms with van der Waals surface area (Å²) in [5.41, 5.74) is 0. The molecule has 0 amide bonds. The summed E-state index contributed by atoms with van der Waals surface area (Å²) in [6.45, 7) is 10.4. The second-order valence-electron chi connectivity index (χ2n) is 6.04. The Morgan fingerprint density at radius 3 is 2.59 bits per heavy atom. The molecule has 130 valence electrons. The van der Waals surface area contributed by atoms with Crippen LogP contribution >= 0.6 is 24.0 Å². The summed E-state index contributed by atoms with van der Waals surface area (Å²) in [5, 5.41) is 6.77. The van der Waals surface area contributed by atoms with Crippen LogP contribution in [0.1, 0.15) is 46.0 Å². The number of hydrogen-bond donors (Lipinski definition) is 2. The average molecular weight is 424 g/mol. The normalized spacial score (nSPS) is 24.1. The molecule has 2 unspecified atom stereocenters. The highest BCUT2D eigenvalue weighted by Gasteiger charge is 2.20. The van der Waals surface area contributed by atoms with Crippen molar-refractivity contribution in [1.29, 1.82) is 0 Å². The van der Waals surface area contributed by atoms with Gasteiger partial charge in [-0.05, 0) is 52.1 Å². The molecule has 2 rings (SSSR count). The van der Waals surface area contributed by atoms with E-state index in [0.29, 0.717) is 12.1 Å². The van der Waals surface area contributed by atoms with Crippen molar-refractivity contribution in [3.63, 3.8) is 0 Å². The van der Waals surface area contributed by atoms with Crippen molar-refractivity contribution in [2.24, 2.45) is 4.99 Å². The van der Waals surface area contributed by atoms with Crippen LogP contribution in [0.3, 0.4) is 0 Å². The zero-order valence-electron chi connectivity index (χ0n) is 14.1. The van der Waals surface area contributed by atoms with Crippen LogP contribution in [0.4, 0.5) is 0 Å². The molecule has 2 saturated heterocycles. The van der Waals surface area contributed by atoms with Gasteiger partial charge in [-0.1, -0.05) is 6.92 Å². The van der Waals surface area contributed by atoms with Crippen LogP contribution in [-0.2, 0) is 4.74 Å². The van der Waals surface area contributed by atoms with E-state index in [4.69, 9.17) is 9.73 Å². The number of halogens is 1. The molecule has 2 N–H and O–H groups in total. The summed E-state index contributed by atoms with van der Waals surface area (Å²) in [5.74, 6) is 0.936. The number of hydrogen-bond acceptors (Lipinski definition) is 3. The number of likely N-dealkylation sites (tertiary alicyclic amines) is 1. The lowest BCUT2D eigenvalue weighted by atomic mass is 10.2. The smallest absolute Gasteiger partial charge is 0.191 e. The lowest BCUT2D eigenvalue weighted by molar-refractivity contribution is 0.113. The highest BCUT2D eigenvalue weighted by atomic mass is 127. The predicted molar refractivity (Wildman–Crippen MR) is 103 cm³/mol. The molecule has 0 radical (unpaired) electrons. The third kappa shape index (κ3) is 6.58. The highest BCUT2D eigenvalue weighted by molar-refractivity contribution is 14.0. The van der Waals surface area contributed by atoms with Crippen LogP contribution in [0.25, 0.3) is 0 Å². The lowest BCUT2D eigenvalue weighted by Crippen LogP contribution is -2.42. The molecule has 0 aromatic rings. The van der Waals surface area contributed by atoms with Gasteiger partial charge in [0.05, 0.1) is 12.6 Å². The molecule has 2 heterocycles. The minimum absolute atomic E-state index is 0. The first-order valence-corrected chi connectivity index (χ1v) is 8.71. The average Bonchev–Trinajstić information content (AvgIpc) is 3.18. The Bertz CT molecular complexity index is 315. The fraction of sp³-hybridized carbons (Fsp3) is 0.938. The quantitative estimate of drug-likeness (QED) is 0.374. The van der Waals surface area contributed by atoms with E-state index in [1.54, 1.807) is 0 Å². The van der Waals surface area contributed by atoms with E-state index in [0.717, 1.165) is 38.6 Å². The highest BCUT2D eigenvalue weighted by Crippen LogP contribution is 2.14. The van der Waals surface area contributed by atoms with Gasteiger partial charge in [0.15, 0.2) is 5.96 Å². The number of nitrogens with zero attached hydrogens (tertiary/aromatic N) is 2. The van der Waals surface area contributed by atoms with E-state index >= 15 is 0 Å². The summed E-state index contributed by atoms with van der Waals surface area (Å²) < 4.78 is 5.66. The van der Waals surface area contributed by atoms with E-state index in [1.807, 2.05) is 0 Å². The maximum Gasteiger partial charge on any atom is 0.191 e. The van der Waals surface area contributed by atoms with Gasteiger partial charge in [0.1, 0.15) is 0 Å². The van der Waals surface area contributed by atoms with Gasteiger partial charge in [0.25, 0.3) is 0 Å². The lowest BCUT2D eigenvalue weighted by Gasteiger charge is -2.25. The number of aliphatic imine (C=N–C) groups is 1. The topological polar surface area (TPSA) is 48.9 Å². The standard InChI is InChI=1S/C16H32N4O.HI/c1-3-14(20-9-5-6-10-20)12-18-16(17-4-2)19-13-15-8-7-11-21-15;/h14-15H,3-13H2,1-2H3,(H2,17,18,19);1H. The van der Waals surface area contributed by atoms with E-state index in [2.05, 4.69) is 29.4 Å². The first-order chi connectivity index (χ1) is 10.3. The minimum Gasteiger partial charge on any atom is -0.376 e. The van der Waals surface area contributed by atoms with Gasteiger partial charge >= 0.3 is 0 Å². The summed E-state index contributed by atoms with van der Waals surface area (Å²) in [6.07, 6.45) is 6.57. The monoisotopic (exact) mass is 424 g/mol. The van der Waals surface area contributed by atoms with E-state index < -0.39 is 0 Å². The Labute approximate surface area is 152 Å². The van der Waals surface area contributed by atoms with Crippen LogP contribution < -0.4 is 10.6 Å². The third-order valence-electron chi connectivity index (χ3n) is 4.45. The van der Waals surface area contributed by atoms with Gasteiger partial charge in [0.2, 0.25) is 0 Å². The second-order valence-corrected chi connectivity index (χ2v) is 6.04. The van der Waals surface area contributed by atoms with Gasteiger partial charge in [-0.25, -0.2) is 0 Å². The zero-order chi connectivity index (χ0) is 14.9. The van der Waals surface area contributed by atoms with Crippen molar-refractivity contribution < 1.29 is 4.74 Å². The Morgan fingerprint density at radius 1 is 1.23 bits per heavy atom. The maximum atomic E-state index is 5.66. The first kappa shape index (κ1) is 20.0. The molecule has 0 aliphatic carbocycles. The SMILES string of the molecule is CCNC(=NCC(CC)N1CCCC1)NCC1CCCO1.I. The van der Waals surface area contributed by atoms with Gasteiger partial charge < -0.3 is 15.4 Å². The van der Waals surface area contributed by atoms with Crippen molar-refractivity contribution in [3.05, 3.63) is 0 Å². The molecule has 2 atom stereocenters. The molecule has 22 heavy (non-hydrogen) atoms. The summed E-state index contributed by atoms with van der Waals surface area (Å²) in [7, 11) is 0. The van der Waals surface area contributed by atoms with Crippen LogP contribution in [-0.4, -0.2) is 62.3 Å². The Hall–Kier alpha value is -0.0800. The molecule has 0 spiro atoms. The van der Waals surface area contributed by atoms with Crippen LogP contribution in [0.5, 0.6) is 0 Å². The van der Waals surface area contributed by atoms with Crippen molar-refractivity contribution in [2.45, 2.75) is 58.1 Å². The number of ether oxygens (including phenoxy) is 1. The molecule has 2 fully saturated rings. The molecular weight excluding hydrogens is 391 g/mol. The number of guanidine groups is 1. The Kier molecular flexibility index (Phi) is 10.4. The van der Waals surface area contributed by atoms with Gasteiger partial charge in [-0.2, -0.15) is 0 Å². The van der Waals surface area contributed by atoms with Crippen molar-refractivity contribution in [2.75, 3.05) is 39.3 Å². The largest absolute Gasteiger partial charge is 0.376 e. The molecule has 0 saturated carbocycles. The summed E-state index contributed by atoms with van der Waals surface area (Å²) in [6, 6.07) is 0.589. The maximum absolute atomic E-state index is 5.66. The molecule has 2 aliphatic heterocycles. The molecule has 0 aromatic carbocycles. The second kappa shape index (κ2) is 11.5. The number of rotatable bonds is 7. The molecule has 6 heteroatoms. The van der Waals surface area contributed by atoms with E-state index in [1.165, 1.54) is 38.8 Å². The van der Waals surface area contributed by atoms with Gasteiger partial charge in [0, 0.05) is 25.7 Å². The van der Waals surface area contributed by atoms with E-state index in [9.17, 15) is 0 Å². The minimum atomic E-state index is 0. The fourth-order valence-corrected chi connectivity index (χ4v) is 3.16. The number of nitrogens with one attached hydrogen (secondary N) is 2. The van der Waals surface area contributed by atoms with Crippen molar-refractivity contribution >= 4 is 29.9 Å². The molecular formula is C16H33IN4O. The van der Waals surface area contributed by atoms with E-state index in [-0.39, 0.29) is 24.0 Å². The fourth-order valence-electron chi connectivity index (χ4n) is 3.16. The Morgan fingerprint density at radius 2 is 2.00 bits per heavy atom. The third-order valence-corrected chi connectivity index (χ3v) is 4.45. The van der Waals surface area contributed by atoms with Crippen LogP contribution in [0.15, 0.2) is 4.99 Å². The Balaban J connectivity index is 0.00000242. The van der Waals surface area contributed by atoms with Gasteiger partial charge in [-0.15, -0.1) is 24.0 Å². The summed E-state index contributed by atoms with van der Waals surface area (Å²) in [4.78, 5) is 7.38. The first-order valence-electron chi connectivity index (χ1n) is 8.71. The molecule has 5 nitrogen and oxygen atoms in total. The van der Waals surface area contributed by atoms with Crippen LogP contribution in [0, 0.1) is 0 Å². The van der Waals surface area contributed by atoms with Crippen LogP contribution in [0.2, 0.25) is 0 Å². The molecule has 0 bridgehead atoms. The predicted octanol–water partition coefficient (Wildman–Crippen LogP) is 2.21. The van der Waals surface area contributed by atoms with Gasteiger partial charge in [-0.3, -0.25) is 9.89 Å².